The van der Waals surface area contributed by atoms with E-state index in [-0.39, 0.29) is 5.56 Å². The zero-order chi connectivity index (χ0) is 13.1. The van der Waals surface area contributed by atoms with E-state index in [2.05, 4.69) is 27.1 Å². The minimum atomic E-state index is -0.0463. The highest BCUT2D eigenvalue weighted by Crippen LogP contribution is 2.37. The van der Waals surface area contributed by atoms with Crippen LogP contribution in [0.25, 0.3) is 0 Å². The van der Waals surface area contributed by atoms with E-state index >= 15 is 0 Å². The fourth-order valence-electron chi connectivity index (χ4n) is 2.18. The van der Waals surface area contributed by atoms with Crippen molar-refractivity contribution in [2.45, 2.75) is 25.7 Å². The first-order valence-corrected chi connectivity index (χ1v) is 6.57. The molecule has 1 fully saturated rings. The first-order valence-electron chi connectivity index (χ1n) is 6.57. The molecule has 5 heteroatoms. The van der Waals surface area contributed by atoms with E-state index in [0.29, 0.717) is 11.8 Å². The van der Waals surface area contributed by atoms with Crippen LogP contribution in [-0.2, 0) is 0 Å². The number of rotatable bonds is 6. The largest absolute Gasteiger partial charge is 0.359 e. The van der Waals surface area contributed by atoms with E-state index in [0.717, 1.165) is 37.6 Å². The highest BCUT2D eigenvalue weighted by molar-refractivity contribution is 5.37. The maximum absolute atomic E-state index is 11.6. The van der Waals surface area contributed by atoms with Gasteiger partial charge in [0.1, 0.15) is 11.6 Å². The average Bonchev–Trinajstić information content (AvgIpc) is 3.12. The van der Waals surface area contributed by atoms with Crippen molar-refractivity contribution in [1.82, 2.24) is 15.3 Å². The maximum Gasteiger partial charge on any atom is 0.252 e. The van der Waals surface area contributed by atoms with Gasteiger partial charge in [-0.25, -0.2) is 4.98 Å². The van der Waals surface area contributed by atoms with Crippen molar-refractivity contribution in [2.75, 3.05) is 32.1 Å². The fourth-order valence-corrected chi connectivity index (χ4v) is 2.18. The van der Waals surface area contributed by atoms with Crippen LogP contribution in [0, 0.1) is 5.92 Å². The first-order chi connectivity index (χ1) is 8.60. The fraction of sp³-hybridized carbons (Fsp3) is 0.692. The van der Waals surface area contributed by atoms with Gasteiger partial charge in [0.15, 0.2) is 0 Å². The molecule has 1 heterocycles. The summed E-state index contributed by atoms with van der Waals surface area (Å²) < 4.78 is 0. The van der Waals surface area contributed by atoms with Crippen LogP contribution in [0.3, 0.4) is 0 Å². The van der Waals surface area contributed by atoms with E-state index in [9.17, 15) is 4.79 Å². The smallest absolute Gasteiger partial charge is 0.252 e. The van der Waals surface area contributed by atoms with Crippen LogP contribution >= 0.6 is 0 Å². The normalized spacial score (nSPS) is 16.6. The lowest BCUT2D eigenvalue weighted by molar-refractivity contribution is 0.540. The van der Waals surface area contributed by atoms with Gasteiger partial charge in [-0.1, -0.05) is 6.92 Å². The van der Waals surface area contributed by atoms with Gasteiger partial charge in [-0.2, -0.15) is 0 Å². The van der Waals surface area contributed by atoms with Crippen LogP contribution in [0.1, 0.15) is 31.5 Å². The molecule has 0 aliphatic heterocycles. The average molecular weight is 250 g/mol. The van der Waals surface area contributed by atoms with E-state index in [1.165, 1.54) is 0 Å². The number of hydrogen-bond donors (Lipinski definition) is 2. The van der Waals surface area contributed by atoms with Gasteiger partial charge in [0.2, 0.25) is 0 Å². The number of aromatic nitrogens is 2. The molecule has 1 aromatic rings. The quantitative estimate of drug-likeness (QED) is 0.789. The van der Waals surface area contributed by atoms with E-state index in [1.807, 2.05) is 14.1 Å². The minimum absolute atomic E-state index is 0.0463. The van der Waals surface area contributed by atoms with Crippen molar-refractivity contribution < 1.29 is 0 Å². The van der Waals surface area contributed by atoms with Gasteiger partial charge in [-0.3, -0.25) is 4.79 Å². The van der Waals surface area contributed by atoms with Crippen molar-refractivity contribution in [3.8, 4) is 0 Å². The molecule has 2 rings (SSSR count). The van der Waals surface area contributed by atoms with Crippen LogP contribution in [0.15, 0.2) is 10.9 Å². The monoisotopic (exact) mass is 250 g/mol. The van der Waals surface area contributed by atoms with Crippen LogP contribution in [-0.4, -0.2) is 37.2 Å². The molecule has 5 nitrogen and oxygen atoms in total. The standard InChI is InChI=1S/C13H22N4O/c1-9(7-14-2)8-17(3)11-6-12(18)16-13(15-11)10-4-5-10/h6,9-10,14H,4-5,7-8H2,1-3H3,(H,15,16,18). The van der Waals surface area contributed by atoms with Gasteiger partial charge < -0.3 is 15.2 Å². The molecule has 18 heavy (non-hydrogen) atoms. The zero-order valence-corrected chi connectivity index (χ0v) is 11.4. The second kappa shape index (κ2) is 5.52. The molecule has 1 unspecified atom stereocenters. The summed E-state index contributed by atoms with van der Waals surface area (Å²) in [6, 6.07) is 1.58. The maximum atomic E-state index is 11.6. The third-order valence-corrected chi connectivity index (χ3v) is 3.24. The second-order valence-electron chi connectivity index (χ2n) is 5.31. The highest BCUT2D eigenvalue weighted by Gasteiger charge is 2.26. The van der Waals surface area contributed by atoms with Gasteiger partial charge in [-0.05, 0) is 32.4 Å². The molecule has 100 valence electrons. The molecule has 0 bridgehead atoms. The molecular formula is C13H22N4O. The molecule has 1 aromatic heterocycles. The Labute approximate surface area is 108 Å². The summed E-state index contributed by atoms with van der Waals surface area (Å²) in [5, 5.41) is 3.16. The van der Waals surface area contributed by atoms with Crippen molar-refractivity contribution in [2.24, 2.45) is 5.92 Å². The Kier molecular flexibility index (Phi) is 4.01. The number of aromatic amines is 1. The number of hydrogen-bond acceptors (Lipinski definition) is 4. The SMILES string of the molecule is CNCC(C)CN(C)c1cc(=O)[nH]c(C2CC2)n1. The van der Waals surface area contributed by atoms with E-state index in [4.69, 9.17) is 0 Å². The van der Waals surface area contributed by atoms with Crippen molar-refractivity contribution >= 4 is 5.82 Å². The second-order valence-corrected chi connectivity index (χ2v) is 5.31. The summed E-state index contributed by atoms with van der Waals surface area (Å²) in [6.45, 7) is 4.03. The number of anilines is 1. The summed E-state index contributed by atoms with van der Waals surface area (Å²) in [5.74, 6) is 2.63. The molecule has 1 atom stereocenters. The molecule has 1 aliphatic carbocycles. The summed E-state index contributed by atoms with van der Waals surface area (Å²) >= 11 is 0. The molecule has 2 N–H and O–H groups in total. The Morgan fingerprint density at radius 1 is 1.61 bits per heavy atom. The lowest BCUT2D eigenvalue weighted by Gasteiger charge is -2.22. The van der Waals surface area contributed by atoms with Crippen LogP contribution in [0.4, 0.5) is 5.82 Å². The molecule has 0 spiro atoms. The minimum Gasteiger partial charge on any atom is -0.359 e. The van der Waals surface area contributed by atoms with Gasteiger partial charge in [0.05, 0.1) is 0 Å². The molecular weight excluding hydrogens is 228 g/mol. The van der Waals surface area contributed by atoms with Crippen molar-refractivity contribution in [3.63, 3.8) is 0 Å². The number of nitrogens with one attached hydrogen (secondary N) is 2. The Morgan fingerprint density at radius 3 is 2.94 bits per heavy atom. The Hall–Kier alpha value is -1.36. The summed E-state index contributed by atoms with van der Waals surface area (Å²) in [5.41, 5.74) is -0.0463. The van der Waals surface area contributed by atoms with Gasteiger partial charge in [0, 0.05) is 25.6 Å². The van der Waals surface area contributed by atoms with Crippen LogP contribution < -0.4 is 15.8 Å². The Morgan fingerprint density at radius 2 is 2.33 bits per heavy atom. The lowest BCUT2D eigenvalue weighted by Crippen LogP contribution is -2.31. The molecule has 0 radical (unpaired) electrons. The van der Waals surface area contributed by atoms with E-state index < -0.39 is 0 Å². The molecule has 0 saturated heterocycles. The molecule has 0 aromatic carbocycles. The van der Waals surface area contributed by atoms with E-state index in [1.54, 1.807) is 6.07 Å². The van der Waals surface area contributed by atoms with Crippen molar-refractivity contribution in [3.05, 3.63) is 22.2 Å². The summed E-state index contributed by atoms with van der Waals surface area (Å²) in [4.78, 5) is 21.1. The third-order valence-electron chi connectivity index (χ3n) is 3.24. The Bertz CT molecular complexity index is 453. The number of nitrogens with zero attached hydrogens (tertiary/aromatic N) is 2. The predicted molar refractivity (Wildman–Crippen MR) is 73.2 cm³/mol. The molecule has 0 amide bonds. The highest BCUT2D eigenvalue weighted by atomic mass is 16.1. The van der Waals surface area contributed by atoms with Crippen LogP contribution in [0.2, 0.25) is 0 Å². The lowest BCUT2D eigenvalue weighted by atomic mass is 10.1. The van der Waals surface area contributed by atoms with Gasteiger partial charge in [0.25, 0.3) is 5.56 Å². The summed E-state index contributed by atoms with van der Waals surface area (Å²) in [6.07, 6.45) is 2.29. The third kappa shape index (κ3) is 3.32. The number of H-pyrrole nitrogens is 1. The van der Waals surface area contributed by atoms with Gasteiger partial charge in [-0.15, -0.1) is 0 Å². The summed E-state index contributed by atoms with van der Waals surface area (Å²) in [7, 11) is 3.94. The predicted octanol–water partition coefficient (Wildman–Crippen LogP) is 0.939. The molecule has 1 aliphatic rings. The van der Waals surface area contributed by atoms with Gasteiger partial charge >= 0.3 is 0 Å². The zero-order valence-electron chi connectivity index (χ0n) is 11.4. The Balaban J connectivity index is 2.09. The topological polar surface area (TPSA) is 61.0 Å². The van der Waals surface area contributed by atoms with Crippen molar-refractivity contribution in [1.29, 1.82) is 0 Å². The first kappa shape index (κ1) is 13.1. The molecule has 1 saturated carbocycles. The van der Waals surface area contributed by atoms with Crippen LogP contribution in [0.5, 0.6) is 0 Å².